The van der Waals surface area contributed by atoms with Gasteiger partial charge in [0.2, 0.25) is 5.91 Å². The second-order valence-electron chi connectivity index (χ2n) is 5.77. The summed E-state index contributed by atoms with van der Waals surface area (Å²) in [6, 6.07) is 15.0. The molecule has 6 nitrogen and oxygen atoms in total. The number of fused-ring (bicyclic) bond motifs is 1. The molecule has 0 bridgehead atoms. The Kier molecular flexibility index (Phi) is 5.30. The van der Waals surface area contributed by atoms with Crippen molar-refractivity contribution >= 4 is 16.9 Å². The highest BCUT2D eigenvalue weighted by Gasteiger charge is 2.11. The van der Waals surface area contributed by atoms with Crippen LogP contribution in [0.1, 0.15) is 18.1 Å². The first-order chi connectivity index (χ1) is 12.2. The summed E-state index contributed by atoms with van der Waals surface area (Å²) in [5.74, 6) is 0.564. The fourth-order valence-corrected chi connectivity index (χ4v) is 2.68. The highest BCUT2D eigenvalue weighted by atomic mass is 16.5. The van der Waals surface area contributed by atoms with Crippen molar-refractivity contribution in [2.24, 2.45) is 0 Å². The number of carbonyl (C=O) groups is 1. The molecule has 0 saturated carbocycles. The van der Waals surface area contributed by atoms with Crippen molar-refractivity contribution in [3.05, 3.63) is 60.4 Å². The Bertz CT molecular complexity index is 860. The van der Waals surface area contributed by atoms with Crippen molar-refractivity contribution in [1.29, 1.82) is 0 Å². The molecule has 1 heterocycles. The zero-order valence-corrected chi connectivity index (χ0v) is 14.1. The molecular formula is C19H21N3O3. The van der Waals surface area contributed by atoms with Crippen LogP contribution in [-0.2, 0) is 11.3 Å². The molecule has 3 aromatic rings. The van der Waals surface area contributed by atoms with Crippen LogP contribution in [0.2, 0.25) is 0 Å². The summed E-state index contributed by atoms with van der Waals surface area (Å²) < 4.78 is 7.09. The minimum atomic E-state index is -0.770. The number of amides is 1. The lowest BCUT2D eigenvalue weighted by Gasteiger charge is -2.13. The third kappa shape index (κ3) is 4.16. The Morgan fingerprint density at radius 2 is 2.12 bits per heavy atom. The van der Waals surface area contributed by atoms with Crippen LogP contribution in [0.15, 0.2) is 54.9 Å². The first-order valence-corrected chi connectivity index (χ1v) is 8.16. The summed E-state index contributed by atoms with van der Waals surface area (Å²) in [5, 5.41) is 13.0. The first kappa shape index (κ1) is 17.0. The van der Waals surface area contributed by atoms with Crippen molar-refractivity contribution in [1.82, 2.24) is 14.9 Å². The van der Waals surface area contributed by atoms with E-state index in [9.17, 15) is 9.90 Å². The summed E-state index contributed by atoms with van der Waals surface area (Å²) in [6.45, 7) is 0.707. The number of nitrogens with one attached hydrogen (secondary N) is 1. The van der Waals surface area contributed by atoms with Gasteiger partial charge in [-0.2, -0.15) is 0 Å². The summed E-state index contributed by atoms with van der Waals surface area (Å²) in [6.07, 6.45) is 1.29. The fraction of sp³-hybridized carbons (Fsp3) is 0.263. The molecule has 0 radical (unpaired) electrons. The molecule has 0 aliphatic heterocycles. The van der Waals surface area contributed by atoms with Gasteiger partial charge in [-0.05, 0) is 29.8 Å². The number of benzene rings is 2. The van der Waals surface area contributed by atoms with Gasteiger partial charge in [-0.3, -0.25) is 4.79 Å². The summed E-state index contributed by atoms with van der Waals surface area (Å²) in [7, 11) is 1.58. The summed E-state index contributed by atoms with van der Waals surface area (Å²) in [5.41, 5.74) is 2.63. The maximum absolute atomic E-state index is 12.1. The van der Waals surface area contributed by atoms with E-state index in [4.69, 9.17) is 4.74 Å². The Morgan fingerprint density at radius 1 is 1.28 bits per heavy atom. The van der Waals surface area contributed by atoms with Crippen molar-refractivity contribution in [3.63, 3.8) is 0 Å². The van der Waals surface area contributed by atoms with Gasteiger partial charge in [0, 0.05) is 19.5 Å². The fourth-order valence-electron chi connectivity index (χ4n) is 2.68. The lowest BCUT2D eigenvalue weighted by Crippen LogP contribution is -2.29. The number of ether oxygens (including phenoxy) is 1. The van der Waals surface area contributed by atoms with E-state index in [1.807, 2.05) is 41.0 Å². The van der Waals surface area contributed by atoms with Gasteiger partial charge >= 0.3 is 0 Å². The molecule has 1 aromatic heterocycles. The third-order valence-corrected chi connectivity index (χ3v) is 4.08. The minimum Gasteiger partial charge on any atom is -0.497 e. The Labute approximate surface area is 146 Å². The standard InChI is InChI=1S/C19H21N3O3/c1-25-15-6-4-5-14(11-15)18(23)12-20-19(24)9-10-22-13-21-16-7-2-3-8-17(16)22/h2-8,11,13,18,23H,9-10,12H2,1H3,(H,20,24)/t18-/m1/s1. The van der Waals surface area contributed by atoms with Crippen molar-refractivity contribution in [2.45, 2.75) is 19.1 Å². The molecule has 0 unspecified atom stereocenters. The van der Waals surface area contributed by atoms with Gasteiger partial charge in [-0.15, -0.1) is 0 Å². The van der Waals surface area contributed by atoms with Gasteiger partial charge in [0.05, 0.1) is 30.6 Å². The number of nitrogens with zero attached hydrogens (tertiary/aromatic N) is 2. The van der Waals surface area contributed by atoms with Gasteiger partial charge in [0.15, 0.2) is 0 Å². The Hall–Kier alpha value is -2.86. The maximum Gasteiger partial charge on any atom is 0.221 e. The van der Waals surface area contributed by atoms with Crippen LogP contribution in [0.5, 0.6) is 5.75 Å². The molecule has 0 aliphatic rings. The van der Waals surface area contributed by atoms with Gasteiger partial charge in [0.1, 0.15) is 5.75 Å². The highest BCUT2D eigenvalue weighted by Crippen LogP contribution is 2.18. The van der Waals surface area contributed by atoms with Crippen molar-refractivity contribution in [2.75, 3.05) is 13.7 Å². The summed E-state index contributed by atoms with van der Waals surface area (Å²) >= 11 is 0. The van der Waals surface area contributed by atoms with E-state index < -0.39 is 6.10 Å². The zero-order valence-electron chi connectivity index (χ0n) is 14.1. The lowest BCUT2D eigenvalue weighted by atomic mass is 10.1. The number of imidazole rings is 1. The Morgan fingerprint density at radius 3 is 2.96 bits per heavy atom. The topological polar surface area (TPSA) is 76.4 Å². The van der Waals surface area contributed by atoms with Gasteiger partial charge in [-0.25, -0.2) is 4.98 Å². The second kappa shape index (κ2) is 7.81. The Balaban J connectivity index is 1.51. The third-order valence-electron chi connectivity index (χ3n) is 4.08. The van der Waals surface area contributed by atoms with Crippen molar-refractivity contribution in [3.8, 4) is 5.75 Å². The molecule has 0 fully saturated rings. The van der Waals surface area contributed by atoms with E-state index in [2.05, 4.69) is 10.3 Å². The van der Waals surface area contributed by atoms with E-state index >= 15 is 0 Å². The smallest absolute Gasteiger partial charge is 0.221 e. The number of aryl methyl sites for hydroxylation is 1. The molecule has 2 aromatic carbocycles. The number of rotatable bonds is 7. The SMILES string of the molecule is COc1cccc([C@H](O)CNC(=O)CCn2cnc3ccccc32)c1. The average molecular weight is 339 g/mol. The normalized spacial score (nSPS) is 12.1. The van der Waals surface area contributed by atoms with E-state index in [0.717, 1.165) is 11.0 Å². The van der Waals surface area contributed by atoms with Crippen molar-refractivity contribution < 1.29 is 14.6 Å². The number of carbonyl (C=O) groups excluding carboxylic acids is 1. The molecule has 2 N–H and O–H groups in total. The van der Waals surface area contributed by atoms with Crippen LogP contribution in [0.4, 0.5) is 0 Å². The average Bonchev–Trinajstić information content (AvgIpc) is 3.07. The van der Waals surface area contributed by atoms with Crippen LogP contribution in [0.3, 0.4) is 0 Å². The quantitative estimate of drug-likeness (QED) is 0.692. The zero-order chi connectivity index (χ0) is 17.6. The number of hydrogen-bond donors (Lipinski definition) is 2. The van der Waals surface area contributed by atoms with Gasteiger partial charge in [-0.1, -0.05) is 24.3 Å². The maximum atomic E-state index is 12.1. The van der Waals surface area contributed by atoms with E-state index in [0.29, 0.717) is 24.3 Å². The molecule has 1 amide bonds. The molecule has 1 atom stereocenters. The molecular weight excluding hydrogens is 318 g/mol. The molecule has 130 valence electrons. The number of hydrogen-bond acceptors (Lipinski definition) is 4. The molecule has 0 saturated heterocycles. The van der Waals surface area contributed by atoms with Crippen LogP contribution in [-0.4, -0.2) is 34.2 Å². The number of para-hydroxylation sites is 2. The summed E-state index contributed by atoms with van der Waals surface area (Å²) in [4.78, 5) is 16.4. The minimum absolute atomic E-state index is 0.111. The van der Waals surface area contributed by atoms with Crippen LogP contribution >= 0.6 is 0 Å². The number of aromatic nitrogens is 2. The van der Waals surface area contributed by atoms with E-state index in [1.54, 1.807) is 25.6 Å². The molecule has 25 heavy (non-hydrogen) atoms. The largest absolute Gasteiger partial charge is 0.497 e. The van der Waals surface area contributed by atoms with Crippen LogP contribution in [0, 0.1) is 0 Å². The second-order valence-corrected chi connectivity index (χ2v) is 5.77. The molecule has 3 rings (SSSR count). The highest BCUT2D eigenvalue weighted by molar-refractivity contribution is 5.77. The van der Waals surface area contributed by atoms with Crippen LogP contribution < -0.4 is 10.1 Å². The van der Waals surface area contributed by atoms with Gasteiger partial charge < -0.3 is 19.7 Å². The first-order valence-electron chi connectivity index (χ1n) is 8.16. The molecule has 0 spiro atoms. The monoisotopic (exact) mass is 339 g/mol. The van der Waals surface area contributed by atoms with E-state index in [1.165, 1.54) is 0 Å². The molecule has 0 aliphatic carbocycles. The number of methoxy groups -OCH3 is 1. The number of aliphatic hydroxyl groups is 1. The molecule has 6 heteroatoms. The van der Waals surface area contributed by atoms with E-state index in [-0.39, 0.29) is 12.5 Å². The number of aliphatic hydroxyl groups excluding tert-OH is 1. The predicted octanol–water partition coefficient (Wildman–Crippen LogP) is 2.28. The lowest BCUT2D eigenvalue weighted by molar-refractivity contribution is -0.121. The van der Waals surface area contributed by atoms with Crippen LogP contribution in [0.25, 0.3) is 11.0 Å². The predicted molar refractivity (Wildman–Crippen MR) is 95.3 cm³/mol. The van der Waals surface area contributed by atoms with Gasteiger partial charge in [0.25, 0.3) is 0 Å².